The monoisotopic (exact) mass is 341 g/mol. The number of rotatable bonds is 8. The van der Waals surface area contributed by atoms with Crippen molar-refractivity contribution in [2.24, 2.45) is 0 Å². The van der Waals surface area contributed by atoms with E-state index in [4.69, 9.17) is 13.9 Å². The van der Waals surface area contributed by atoms with Crippen LogP contribution < -0.4 is 14.8 Å². The van der Waals surface area contributed by atoms with Gasteiger partial charge in [0.2, 0.25) is 5.91 Å². The predicted molar refractivity (Wildman–Crippen MR) is 97.7 cm³/mol. The van der Waals surface area contributed by atoms with Crippen molar-refractivity contribution in [3.63, 3.8) is 0 Å². The molecule has 0 spiro atoms. The van der Waals surface area contributed by atoms with Gasteiger partial charge in [0.1, 0.15) is 18.1 Å². The van der Waals surface area contributed by atoms with Crippen molar-refractivity contribution in [3.05, 3.63) is 66.1 Å². The number of hydrogen-bond donors (Lipinski definition) is 1. The minimum absolute atomic E-state index is 0.199. The molecule has 0 saturated heterocycles. The first-order valence-corrected chi connectivity index (χ1v) is 8.00. The molecule has 1 atom stereocenters. The van der Waals surface area contributed by atoms with Gasteiger partial charge in [0.05, 0.1) is 13.2 Å². The van der Waals surface area contributed by atoms with E-state index in [-0.39, 0.29) is 11.9 Å². The van der Waals surface area contributed by atoms with Crippen molar-refractivity contribution >= 4 is 12.0 Å². The normalized spacial score (nSPS) is 12.0. The summed E-state index contributed by atoms with van der Waals surface area (Å²) in [5.74, 6) is 2.57. The molecule has 132 valence electrons. The fourth-order valence-electron chi connectivity index (χ4n) is 2.25. The van der Waals surface area contributed by atoms with Crippen LogP contribution in [0.3, 0.4) is 0 Å². The molecule has 1 aromatic carbocycles. The first-order chi connectivity index (χ1) is 12.0. The van der Waals surface area contributed by atoms with E-state index in [1.54, 1.807) is 25.3 Å². The highest BCUT2D eigenvalue weighted by Crippen LogP contribution is 2.28. The summed E-state index contributed by atoms with van der Waals surface area (Å²) in [6.45, 7) is 7.76. The number of carbonyl (C=O) groups is 1. The summed E-state index contributed by atoms with van der Waals surface area (Å²) >= 11 is 0. The SMILES string of the molecule is C=CCOc1ccc(/C=C/C(=O)NC(C)c2ccc(C)o2)cc1OC. The summed E-state index contributed by atoms with van der Waals surface area (Å²) < 4.78 is 16.3. The van der Waals surface area contributed by atoms with Crippen LogP contribution in [0.2, 0.25) is 0 Å². The second-order valence-corrected chi connectivity index (χ2v) is 5.52. The molecule has 2 rings (SSSR count). The van der Waals surface area contributed by atoms with Crippen molar-refractivity contribution in [1.82, 2.24) is 5.32 Å². The number of furan rings is 1. The minimum Gasteiger partial charge on any atom is -0.493 e. The fourth-order valence-corrected chi connectivity index (χ4v) is 2.25. The van der Waals surface area contributed by atoms with E-state index < -0.39 is 0 Å². The van der Waals surface area contributed by atoms with Crippen molar-refractivity contribution in [2.75, 3.05) is 13.7 Å². The quantitative estimate of drug-likeness (QED) is 0.581. The van der Waals surface area contributed by atoms with E-state index in [0.29, 0.717) is 18.1 Å². The Morgan fingerprint density at radius 3 is 2.76 bits per heavy atom. The zero-order chi connectivity index (χ0) is 18.2. The summed E-state index contributed by atoms with van der Waals surface area (Å²) in [5.41, 5.74) is 0.833. The molecule has 0 saturated carbocycles. The van der Waals surface area contributed by atoms with E-state index in [9.17, 15) is 4.79 Å². The molecule has 25 heavy (non-hydrogen) atoms. The van der Waals surface area contributed by atoms with Crippen LogP contribution in [0, 0.1) is 6.92 Å². The highest BCUT2D eigenvalue weighted by Gasteiger charge is 2.11. The van der Waals surface area contributed by atoms with Gasteiger partial charge in [-0.25, -0.2) is 0 Å². The van der Waals surface area contributed by atoms with Gasteiger partial charge < -0.3 is 19.2 Å². The maximum atomic E-state index is 12.1. The minimum atomic E-state index is -0.201. The average molecular weight is 341 g/mol. The summed E-state index contributed by atoms with van der Waals surface area (Å²) in [6.07, 6.45) is 4.86. The third-order valence-corrected chi connectivity index (χ3v) is 3.52. The molecule has 2 aromatic rings. The summed E-state index contributed by atoms with van der Waals surface area (Å²) in [5, 5.41) is 2.86. The second kappa shape index (κ2) is 8.78. The molecule has 1 aromatic heterocycles. The standard InChI is InChI=1S/C20H23NO4/c1-5-12-24-18-10-7-16(13-19(18)23-4)8-11-20(22)21-15(3)17-9-6-14(2)25-17/h5-11,13,15H,1,12H2,2-4H3,(H,21,22)/b11-8+. The van der Waals surface area contributed by atoms with Crippen LogP contribution in [-0.4, -0.2) is 19.6 Å². The van der Waals surface area contributed by atoms with Gasteiger partial charge in [-0.05, 0) is 49.8 Å². The van der Waals surface area contributed by atoms with Gasteiger partial charge in [0.15, 0.2) is 11.5 Å². The highest BCUT2D eigenvalue weighted by atomic mass is 16.5. The first-order valence-electron chi connectivity index (χ1n) is 8.00. The van der Waals surface area contributed by atoms with Crippen molar-refractivity contribution in [3.8, 4) is 11.5 Å². The van der Waals surface area contributed by atoms with E-state index >= 15 is 0 Å². The van der Waals surface area contributed by atoms with Crippen molar-refractivity contribution in [1.29, 1.82) is 0 Å². The number of nitrogens with one attached hydrogen (secondary N) is 1. The molecule has 0 aliphatic heterocycles. The van der Waals surface area contributed by atoms with Crippen molar-refractivity contribution in [2.45, 2.75) is 19.9 Å². The first kappa shape index (κ1) is 18.4. The van der Waals surface area contributed by atoms with Crippen LogP contribution in [0.4, 0.5) is 0 Å². The Morgan fingerprint density at radius 1 is 1.32 bits per heavy atom. The molecule has 0 fully saturated rings. The topological polar surface area (TPSA) is 60.7 Å². The largest absolute Gasteiger partial charge is 0.493 e. The van der Waals surface area contributed by atoms with Crippen LogP contribution in [0.1, 0.15) is 30.0 Å². The maximum absolute atomic E-state index is 12.1. The molecule has 5 nitrogen and oxygen atoms in total. The number of aryl methyl sites for hydroxylation is 1. The van der Waals surface area contributed by atoms with Crippen LogP contribution >= 0.6 is 0 Å². The van der Waals surface area contributed by atoms with Crippen LogP contribution in [0.15, 0.2) is 53.5 Å². The number of carbonyl (C=O) groups excluding carboxylic acids is 1. The molecule has 1 heterocycles. The highest BCUT2D eigenvalue weighted by molar-refractivity contribution is 5.92. The number of methoxy groups -OCH3 is 1. The predicted octanol–water partition coefficient (Wildman–Crippen LogP) is 4.05. The molecule has 1 unspecified atom stereocenters. The Kier molecular flexibility index (Phi) is 6.46. The van der Waals surface area contributed by atoms with Gasteiger partial charge in [-0.1, -0.05) is 18.7 Å². The summed E-state index contributed by atoms with van der Waals surface area (Å²) in [4.78, 5) is 12.1. The van der Waals surface area contributed by atoms with Gasteiger partial charge in [-0.15, -0.1) is 0 Å². The Balaban J connectivity index is 2.00. The number of ether oxygens (including phenoxy) is 2. The second-order valence-electron chi connectivity index (χ2n) is 5.52. The Hall–Kier alpha value is -2.95. The van der Waals surface area contributed by atoms with Gasteiger partial charge >= 0.3 is 0 Å². The zero-order valence-electron chi connectivity index (χ0n) is 14.7. The number of amides is 1. The molecule has 0 radical (unpaired) electrons. The number of hydrogen-bond acceptors (Lipinski definition) is 4. The Bertz CT molecular complexity index is 761. The zero-order valence-corrected chi connectivity index (χ0v) is 14.7. The van der Waals surface area contributed by atoms with Gasteiger partial charge in [-0.3, -0.25) is 4.79 Å². The average Bonchev–Trinajstić information content (AvgIpc) is 3.05. The van der Waals surface area contributed by atoms with E-state index in [0.717, 1.165) is 17.1 Å². The molecular formula is C20H23NO4. The Labute approximate surface area is 147 Å². The van der Waals surface area contributed by atoms with Crippen molar-refractivity contribution < 1.29 is 18.7 Å². The lowest BCUT2D eigenvalue weighted by molar-refractivity contribution is -0.117. The van der Waals surface area contributed by atoms with Crippen LogP contribution in [-0.2, 0) is 4.79 Å². The smallest absolute Gasteiger partial charge is 0.244 e. The van der Waals surface area contributed by atoms with E-state index in [2.05, 4.69) is 11.9 Å². The van der Waals surface area contributed by atoms with Crippen LogP contribution in [0.5, 0.6) is 11.5 Å². The van der Waals surface area contributed by atoms with E-state index in [1.807, 2.05) is 38.1 Å². The molecule has 1 amide bonds. The molecular weight excluding hydrogens is 318 g/mol. The lowest BCUT2D eigenvalue weighted by atomic mass is 10.2. The molecule has 0 aliphatic rings. The lowest BCUT2D eigenvalue weighted by Crippen LogP contribution is -2.24. The summed E-state index contributed by atoms with van der Waals surface area (Å²) in [7, 11) is 1.57. The molecule has 5 heteroatoms. The van der Waals surface area contributed by atoms with Crippen LogP contribution in [0.25, 0.3) is 6.08 Å². The lowest BCUT2D eigenvalue weighted by Gasteiger charge is -2.10. The molecule has 0 bridgehead atoms. The third kappa shape index (κ3) is 5.28. The molecule has 1 N–H and O–H groups in total. The van der Waals surface area contributed by atoms with Gasteiger partial charge in [-0.2, -0.15) is 0 Å². The molecule has 0 aliphatic carbocycles. The Morgan fingerprint density at radius 2 is 2.12 bits per heavy atom. The van der Waals surface area contributed by atoms with Gasteiger partial charge in [0, 0.05) is 6.08 Å². The van der Waals surface area contributed by atoms with E-state index in [1.165, 1.54) is 6.08 Å². The third-order valence-electron chi connectivity index (χ3n) is 3.52. The number of benzene rings is 1. The van der Waals surface area contributed by atoms with Gasteiger partial charge in [0.25, 0.3) is 0 Å². The maximum Gasteiger partial charge on any atom is 0.244 e. The fraction of sp³-hybridized carbons (Fsp3) is 0.250. The summed E-state index contributed by atoms with van der Waals surface area (Å²) in [6, 6.07) is 8.99.